The zero-order valence-corrected chi connectivity index (χ0v) is 15.8. The number of ether oxygens (including phenoxy) is 1. The highest BCUT2D eigenvalue weighted by Crippen LogP contribution is 2.10. The molecule has 7 nitrogen and oxygen atoms in total. The number of likely N-dealkylation sites (N-methyl/N-ethyl adjacent to an activating group) is 1. The zero-order chi connectivity index (χ0) is 19.1. The average molecular weight is 363 g/mol. The third kappa shape index (κ3) is 6.65. The fraction of sp³-hybridized carbons (Fsp3) is 0.579. The Morgan fingerprint density at radius 3 is 2.65 bits per heavy atom. The molecule has 2 N–H and O–H groups in total. The topological polar surface area (TPSA) is 82.1 Å². The smallest absolute Gasteiger partial charge is 0.317 e. The number of morpholine rings is 1. The minimum atomic E-state index is -0.871. The van der Waals surface area contributed by atoms with Crippen molar-refractivity contribution >= 4 is 12.0 Å². The number of urea groups is 1. The Kier molecular flexibility index (Phi) is 7.41. The predicted molar refractivity (Wildman–Crippen MR) is 99.5 cm³/mol. The molecule has 1 saturated heterocycles. The van der Waals surface area contributed by atoms with E-state index in [2.05, 4.69) is 37.4 Å². The molecule has 2 amide bonds. The Labute approximate surface area is 154 Å². The second kappa shape index (κ2) is 9.54. The summed E-state index contributed by atoms with van der Waals surface area (Å²) in [5, 5.41) is 11.8. The molecule has 0 aromatic heterocycles. The number of hydrogen-bond donors (Lipinski definition) is 2. The molecule has 1 aliphatic rings. The molecule has 1 aromatic carbocycles. The standard InChI is InChI=1S/C19H29N3O4/c1-14-8-15(2)10-16(9-14)4-5-20-19(25)22-6-7-26-17(12-22)11-21(3)13-18(23)24/h8-10,17H,4-7,11-13H2,1-3H3,(H,20,25)(H,23,24). The molecule has 1 unspecified atom stereocenters. The number of carbonyl (C=O) groups excluding carboxylic acids is 1. The molecular formula is C19H29N3O4. The molecule has 1 fully saturated rings. The number of hydrogen-bond acceptors (Lipinski definition) is 4. The number of amides is 2. The first-order valence-corrected chi connectivity index (χ1v) is 8.95. The fourth-order valence-corrected chi connectivity index (χ4v) is 3.30. The normalized spacial score (nSPS) is 17.4. The third-order valence-electron chi connectivity index (χ3n) is 4.32. The van der Waals surface area contributed by atoms with Gasteiger partial charge in [-0.25, -0.2) is 4.79 Å². The van der Waals surface area contributed by atoms with Crippen molar-refractivity contribution in [3.63, 3.8) is 0 Å². The highest BCUT2D eigenvalue weighted by molar-refractivity contribution is 5.74. The van der Waals surface area contributed by atoms with Gasteiger partial charge in [0.15, 0.2) is 0 Å². The molecule has 0 radical (unpaired) electrons. The van der Waals surface area contributed by atoms with Crippen LogP contribution in [0.3, 0.4) is 0 Å². The van der Waals surface area contributed by atoms with Crippen molar-refractivity contribution < 1.29 is 19.4 Å². The van der Waals surface area contributed by atoms with Crippen molar-refractivity contribution in [2.75, 3.05) is 46.4 Å². The number of aryl methyl sites for hydroxylation is 2. The average Bonchev–Trinajstić information content (AvgIpc) is 2.53. The lowest BCUT2D eigenvalue weighted by atomic mass is 10.1. The number of aliphatic carboxylic acids is 1. The van der Waals surface area contributed by atoms with Crippen LogP contribution < -0.4 is 5.32 Å². The van der Waals surface area contributed by atoms with E-state index in [4.69, 9.17) is 9.84 Å². The molecule has 1 aromatic rings. The molecule has 0 bridgehead atoms. The maximum Gasteiger partial charge on any atom is 0.317 e. The van der Waals surface area contributed by atoms with Gasteiger partial charge in [0, 0.05) is 26.2 Å². The highest BCUT2D eigenvalue weighted by atomic mass is 16.5. The first-order chi connectivity index (χ1) is 12.3. The minimum absolute atomic E-state index is 0.0397. The number of nitrogens with zero attached hydrogens (tertiary/aromatic N) is 2. The fourth-order valence-electron chi connectivity index (χ4n) is 3.30. The van der Waals surface area contributed by atoms with E-state index in [-0.39, 0.29) is 18.7 Å². The second-order valence-electron chi connectivity index (χ2n) is 7.01. The van der Waals surface area contributed by atoms with Crippen LogP contribution >= 0.6 is 0 Å². The molecule has 0 saturated carbocycles. The first-order valence-electron chi connectivity index (χ1n) is 8.95. The highest BCUT2D eigenvalue weighted by Gasteiger charge is 2.25. The summed E-state index contributed by atoms with van der Waals surface area (Å²) in [5.74, 6) is -0.871. The Hall–Kier alpha value is -2.12. The number of nitrogens with one attached hydrogen (secondary N) is 1. The van der Waals surface area contributed by atoms with Crippen LogP contribution in [-0.4, -0.2) is 79.4 Å². The summed E-state index contributed by atoms with van der Waals surface area (Å²) in [6.07, 6.45) is 0.627. The molecule has 144 valence electrons. The lowest BCUT2D eigenvalue weighted by Crippen LogP contribution is -2.52. The largest absolute Gasteiger partial charge is 0.480 e. The van der Waals surface area contributed by atoms with Crippen molar-refractivity contribution in [1.29, 1.82) is 0 Å². The van der Waals surface area contributed by atoms with Crippen LogP contribution in [0.4, 0.5) is 4.79 Å². The van der Waals surface area contributed by atoms with E-state index in [0.29, 0.717) is 32.8 Å². The summed E-state index contributed by atoms with van der Waals surface area (Å²) in [7, 11) is 1.74. The maximum atomic E-state index is 12.4. The number of carboxylic acid groups (broad SMARTS) is 1. The van der Waals surface area contributed by atoms with E-state index in [0.717, 1.165) is 6.42 Å². The van der Waals surface area contributed by atoms with Crippen molar-refractivity contribution in [2.24, 2.45) is 0 Å². The summed E-state index contributed by atoms with van der Waals surface area (Å²) in [5.41, 5.74) is 3.68. The van der Waals surface area contributed by atoms with Crippen LogP contribution in [0, 0.1) is 13.8 Å². The summed E-state index contributed by atoms with van der Waals surface area (Å²) in [6.45, 7) is 6.67. The molecule has 0 aliphatic carbocycles. The van der Waals surface area contributed by atoms with Crippen LogP contribution in [0.2, 0.25) is 0 Å². The van der Waals surface area contributed by atoms with Gasteiger partial charge in [-0.05, 0) is 32.9 Å². The quantitative estimate of drug-likeness (QED) is 0.762. The Balaban J connectivity index is 1.76. The Bertz CT molecular complexity index is 615. The van der Waals surface area contributed by atoms with Crippen LogP contribution in [0.25, 0.3) is 0 Å². The van der Waals surface area contributed by atoms with E-state index >= 15 is 0 Å². The summed E-state index contributed by atoms with van der Waals surface area (Å²) in [4.78, 5) is 26.6. The molecule has 7 heteroatoms. The van der Waals surface area contributed by atoms with Crippen molar-refractivity contribution in [2.45, 2.75) is 26.4 Å². The van der Waals surface area contributed by atoms with Gasteiger partial charge in [0.25, 0.3) is 0 Å². The Morgan fingerprint density at radius 2 is 2.00 bits per heavy atom. The lowest BCUT2D eigenvalue weighted by Gasteiger charge is -2.34. The van der Waals surface area contributed by atoms with E-state index in [1.165, 1.54) is 16.7 Å². The zero-order valence-electron chi connectivity index (χ0n) is 15.8. The van der Waals surface area contributed by atoms with Gasteiger partial charge in [-0.1, -0.05) is 29.3 Å². The van der Waals surface area contributed by atoms with Gasteiger partial charge in [0.05, 0.1) is 19.3 Å². The van der Waals surface area contributed by atoms with Crippen molar-refractivity contribution in [1.82, 2.24) is 15.1 Å². The summed E-state index contributed by atoms with van der Waals surface area (Å²) < 4.78 is 5.65. The van der Waals surface area contributed by atoms with Gasteiger partial charge in [0.2, 0.25) is 0 Å². The monoisotopic (exact) mass is 363 g/mol. The number of rotatable bonds is 7. The molecule has 2 rings (SSSR count). The lowest BCUT2D eigenvalue weighted by molar-refractivity contribution is -0.138. The molecule has 1 atom stereocenters. The predicted octanol–water partition coefficient (Wildman–Crippen LogP) is 1.27. The summed E-state index contributed by atoms with van der Waals surface area (Å²) >= 11 is 0. The summed E-state index contributed by atoms with van der Waals surface area (Å²) in [6, 6.07) is 6.32. The van der Waals surface area contributed by atoms with E-state index in [9.17, 15) is 9.59 Å². The Morgan fingerprint density at radius 1 is 1.31 bits per heavy atom. The van der Waals surface area contributed by atoms with Crippen molar-refractivity contribution in [3.05, 3.63) is 34.9 Å². The number of carboxylic acids is 1. The first kappa shape index (κ1) is 20.2. The van der Waals surface area contributed by atoms with E-state index in [1.54, 1.807) is 16.8 Å². The van der Waals surface area contributed by atoms with Gasteiger partial charge in [0.1, 0.15) is 0 Å². The van der Waals surface area contributed by atoms with Gasteiger partial charge in [-0.15, -0.1) is 0 Å². The second-order valence-corrected chi connectivity index (χ2v) is 7.01. The van der Waals surface area contributed by atoms with Gasteiger partial charge >= 0.3 is 12.0 Å². The van der Waals surface area contributed by atoms with Crippen LogP contribution in [0.15, 0.2) is 18.2 Å². The minimum Gasteiger partial charge on any atom is -0.480 e. The molecule has 0 spiro atoms. The molecule has 1 aliphatic heterocycles. The van der Waals surface area contributed by atoms with Gasteiger partial charge in [-0.2, -0.15) is 0 Å². The third-order valence-corrected chi connectivity index (χ3v) is 4.32. The number of carbonyl (C=O) groups is 2. The van der Waals surface area contributed by atoms with Gasteiger partial charge in [-0.3, -0.25) is 9.69 Å². The SMILES string of the molecule is Cc1cc(C)cc(CCNC(=O)N2CCOC(CN(C)CC(=O)O)C2)c1. The van der Waals surface area contributed by atoms with E-state index in [1.807, 2.05) is 0 Å². The van der Waals surface area contributed by atoms with Crippen LogP contribution in [0.5, 0.6) is 0 Å². The van der Waals surface area contributed by atoms with Crippen molar-refractivity contribution in [3.8, 4) is 0 Å². The molecule has 26 heavy (non-hydrogen) atoms. The van der Waals surface area contributed by atoms with Gasteiger partial charge < -0.3 is 20.1 Å². The molecule has 1 heterocycles. The maximum absolute atomic E-state index is 12.4. The van der Waals surface area contributed by atoms with Crippen LogP contribution in [0.1, 0.15) is 16.7 Å². The van der Waals surface area contributed by atoms with E-state index < -0.39 is 5.97 Å². The number of benzene rings is 1. The van der Waals surface area contributed by atoms with Crippen LogP contribution in [-0.2, 0) is 16.0 Å². The molecular weight excluding hydrogens is 334 g/mol.